The molecule has 0 spiro atoms. The van der Waals surface area contributed by atoms with Crippen LogP contribution in [-0.4, -0.2) is 27.6 Å². The molecule has 0 saturated heterocycles. The van der Waals surface area contributed by atoms with E-state index in [2.05, 4.69) is 5.32 Å². The van der Waals surface area contributed by atoms with Crippen molar-refractivity contribution in [2.45, 2.75) is 26.4 Å². The minimum absolute atomic E-state index is 0.204. The highest BCUT2D eigenvalue weighted by molar-refractivity contribution is 6.32. The number of carbonyl (C=O) groups is 2. The molecule has 0 fully saturated rings. The topological polar surface area (TPSA) is 106 Å². The van der Waals surface area contributed by atoms with Crippen molar-refractivity contribution in [3.05, 3.63) is 63.5 Å². The van der Waals surface area contributed by atoms with E-state index in [0.29, 0.717) is 17.7 Å². The number of para-hydroxylation sites is 2. The Balaban J connectivity index is 1.64. The van der Waals surface area contributed by atoms with E-state index in [1.807, 2.05) is 25.1 Å². The maximum atomic E-state index is 12.7. The van der Waals surface area contributed by atoms with E-state index >= 15 is 0 Å². The van der Waals surface area contributed by atoms with Crippen molar-refractivity contribution in [1.82, 2.24) is 9.13 Å². The summed E-state index contributed by atoms with van der Waals surface area (Å²) in [6, 6.07) is 13.6. The van der Waals surface area contributed by atoms with Crippen molar-refractivity contribution in [2.24, 2.45) is 0 Å². The lowest BCUT2D eigenvalue weighted by molar-refractivity contribution is -0.147. The molecule has 8 nitrogen and oxygen atoms in total. The fraction of sp³-hybridized carbons (Fsp3) is 0.238. The fourth-order valence-electron chi connectivity index (χ4n) is 3.07. The molecule has 9 heteroatoms. The number of anilines is 1. The summed E-state index contributed by atoms with van der Waals surface area (Å²) < 4.78 is 7.98. The summed E-state index contributed by atoms with van der Waals surface area (Å²) in [5, 5.41) is 11.6. The van der Waals surface area contributed by atoms with Gasteiger partial charge in [0.05, 0.1) is 21.6 Å². The average molecular weight is 427 g/mol. The zero-order valence-corrected chi connectivity index (χ0v) is 17.0. The molecule has 30 heavy (non-hydrogen) atoms. The first-order valence-corrected chi connectivity index (χ1v) is 9.65. The highest BCUT2D eigenvalue weighted by atomic mass is 35.5. The van der Waals surface area contributed by atoms with Gasteiger partial charge in [-0.25, -0.2) is 4.79 Å². The van der Waals surface area contributed by atoms with Crippen molar-refractivity contribution < 1.29 is 14.3 Å². The molecule has 0 saturated carbocycles. The largest absolute Gasteiger partial charge is 0.454 e. The molecule has 1 heterocycles. The monoisotopic (exact) mass is 426 g/mol. The quantitative estimate of drug-likeness (QED) is 0.584. The number of carbonyl (C=O) groups excluding carboxylic acids is 2. The van der Waals surface area contributed by atoms with Gasteiger partial charge in [-0.3, -0.25) is 18.7 Å². The number of ether oxygens (including phenoxy) is 1. The number of fused-ring (bicyclic) bond motifs is 1. The third-order valence-electron chi connectivity index (χ3n) is 4.40. The number of halogens is 1. The molecule has 0 unspecified atom stereocenters. The Hall–Kier alpha value is -3.57. The molecule has 2 aromatic carbocycles. The van der Waals surface area contributed by atoms with Gasteiger partial charge in [0.25, 0.3) is 5.91 Å². The number of amides is 1. The van der Waals surface area contributed by atoms with Crippen LogP contribution in [0.3, 0.4) is 0 Å². The van der Waals surface area contributed by atoms with Gasteiger partial charge in [-0.1, -0.05) is 30.7 Å². The molecule has 154 valence electrons. The van der Waals surface area contributed by atoms with Crippen LogP contribution in [0, 0.1) is 11.3 Å². The van der Waals surface area contributed by atoms with Gasteiger partial charge >= 0.3 is 11.7 Å². The van der Waals surface area contributed by atoms with Crippen molar-refractivity contribution in [3.8, 4) is 6.07 Å². The Labute approximate surface area is 177 Å². The van der Waals surface area contributed by atoms with Crippen LogP contribution in [0.4, 0.5) is 5.69 Å². The third-order valence-corrected chi connectivity index (χ3v) is 4.71. The van der Waals surface area contributed by atoms with E-state index < -0.39 is 18.5 Å². The van der Waals surface area contributed by atoms with E-state index in [-0.39, 0.29) is 22.8 Å². The van der Waals surface area contributed by atoms with Crippen LogP contribution in [0.2, 0.25) is 5.02 Å². The third kappa shape index (κ3) is 4.53. The lowest BCUT2D eigenvalue weighted by Crippen LogP contribution is -2.29. The van der Waals surface area contributed by atoms with E-state index in [4.69, 9.17) is 21.6 Å². The number of hydrogen-bond donors (Lipinski definition) is 1. The summed E-state index contributed by atoms with van der Waals surface area (Å²) in [5.74, 6) is -1.27. The van der Waals surface area contributed by atoms with E-state index in [0.717, 1.165) is 11.9 Å². The number of imidazole rings is 1. The SMILES string of the molecule is CCCn1c(=O)n(CC(=O)OCC(=O)Nc2ccc(C#N)c(Cl)c2)c2ccccc21. The van der Waals surface area contributed by atoms with Crippen molar-refractivity contribution >= 4 is 40.2 Å². The van der Waals surface area contributed by atoms with Crippen LogP contribution >= 0.6 is 11.6 Å². The first-order chi connectivity index (χ1) is 14.4. The molecule has 0 aliphatic rings. The summed E-state index contributed by atoms with van der Waals surface area (Å²) in [6.07, 6.45) is 0.776. The molecule has 1 aromatic heterocycles. The number of aromatic nitrogens is 2. The zero-order chi connectivity index (χ0) is 21.7. The van der Waals surface area contributed by atoms with Crippen LogP contribution < -0.4 is 11.0 Å². The van der Waals surface area contributed by atoms with Crippen molar-refractivity contribution in [1.29, 1.82) is 5.26 Å². The van der Waals surface area contributed by atoms with Gasteiger partial charge in [-0.15, -0.1) is 0 Å². The molecule has 1 N–H and O–H groups in total. The Morgan fingerprint density at radius 3 is 2.50 bits per heavy atom. The van der Waals surface area contributed by atoms with Gasteiger partial charge in [0.1, 0.15) is 12.6 Å². The van der Waals surface area contributed by atoms with Crippen LogP contribution in [0.5, 0.6) is 0 Å². The summed E-state index contributed by atoms with van der Waals surface area (Å²) in [7, 11) is 0. The zero-order valence-electron chi connectivity index (χ0n) is 16.2. The number of nitrogens with one attached hydrogen (secondary N) is 1. The number of nitrogens with zero attached hydrogens (tertiary/aromatic N) is 3. The van der Waals surface area contributed by atoms with E-state index in [1.165, 1.54) is 22.8 Å². The van der Waals surface area contributed by atoms with Crippen LogP contribution in [0.1, 0.15) is 18.9 Å². The molecule has 3 rings (SSSR count). The average Bonchev–Trinajstić information content (AvgIpc) is 2.99. The van der Waals surface area contributed by atoms with Crippen LogP contribution in [0.25, 0.3) is 11.0 Å². The summed E-state index contributed by atoms with van der Waals surface area (Å²) in [6.45, 7) is 1.69. The first-order valence-electron chi connectivity index (χ1n) is 9.27. The second kappa shape index (κ2) is 9.29. The molecule has 0 radical (unpaired) electrons. The highest BCUT2D eigenvalue weighted by Gasteiger charge is 2.16. The van der Waals surface area contributed by atoms with Gasteiger partial charge < -0.3 is 10.1 Å². The van der Waals surface area contributed by atoms with Crippen molar-refractivity contribution in [2.75, 3.05) is 11.9 Å². The normalized spacial score (nSPS) is 10.6. The Bertz CT molecular complexity index is 1210. The minimum Gasteiger partial charge on any atom is -0.454 e. The summed E-state index contributed by atoms with van der Waals surface area (Å²) in [5.41, 5.74) is 1.73. The molecule has 0 aliphatic carbocycles. The lowest BCUT2D eigenvalue weighted by atomic mass is 10.2. The van der Waals surface area contributed by atoms with Gasteiger partial charge in [0, 0.05) is 12.2 Å². The first kappa shape index (κ1) is 21.1. The highest BCUT2D eigenvalue weighted by Crippen LogP contribution is 2.20. The molecule has 0 aliphatic heterocycles. The van der Waals surface area contributed by atoms with Gasteiger partial charge in [0.15, 0.2) is 6.61 Å². The number of nitriles is 1. The van der Waals surface area contributed by atoms with E-state index in [9.17, 15) is 14.4 Å². The number of benzene rings is 2. The second-order valence-corrected chi connectivity index (χ2v) is 6.93. The predicted molar refractivity (Wildman–Crippen MR) is 112 cm³/mol. The van der Waals surface area contributed by atoms with Gasteiger partial charge in [-0.2, -0.15) is 5.26 Å². The summed E-state index contributed by atoms with van der Waals surface area (Å²) in [4.78, 5) is 37.0. The number of aryl methyl sites for hydroxylation is 1. The molecular weight excluding hydrogens is 408 g/mol. The van der Waals surface area contributed by atoms with E-state index in [1.54, 1.807) is 16.7 Å². The molecule has 0 bridgehead atoms. The standard InChI is InChI=1S/C21H19ClN4O4/c1-2-9-25-17-5-3-4-6-18(17)26(21(25)29)12-20(28)30-13-19(27)24-15-8-7-14(11-23)16(22)10-15/h3-8,10H,2,9,12-13H2,1H3,(H,24,27). The summed E-state index contributed by atoms with van der Waals surface area (Å²) >= 11 is 5.92. The smallest absolute Gasteiger partial charge is 0.329 e. The van der Waals surface area contributed by atoms with Gasteiger partial charge in [0.2, 0.25) is 0 Å². The lowest BCUT2D eigenvalue weighted by Gasteiger charge is -2.08. The molecular formula is C21H19ClN4O4. The molecule has 1 amide bonds. The number of rotatable bonds is 7. The molecule has 3 aromatic rings. The number of hydrogen-bond acceptors (Lipinski definition) is 5. The second-order valence-electron chi connectivity index (χ2n) is 6.52. The predicted octanol–water partition coefficient (Wildman–Crippen LogP) is 2.92. The number of esters is 1. The Morgan fingerprint density at radius 1 is 1.17 bits per heavy atom. The van der Waals surface area contributed by atoms with Crippen LogP contribution in [0.15, 0.2) is 47.3 Å². The molecule has 0 atom stereocenters. The Kier molecular flexibility index (Phi) is 6.54. The van der Waals surface area contributed by atoms with Crippen LogP contribution in [-0.2, 0) is 27.4 Å². The Morgan fingerprint density at radius 2 is 1.87 bits per heavy atom. The minimum atomic E-state index is -0.704. The maximum absolute atomic E-state index is 12.7. The fourth-order valence-corrected chi connectivity index (χ4v) is 3.29. The van der Waals surface area contributed by atoms with Crippen molar-refractivity contribution in [3.63, 3.8) is 0 Å². The van der Waals surface area contributed by atoms with Gasteiger partial charge in [-0.05, 0) is 36.8 Å². The maximum Gasteiger partial charge on any atom is 0.329 e.